The minimum absolute atomic E-state index is 0.119. The number of anilines is 1. The molecule has 1 saturated heterocycles. The summed E-state index contributed by atoms with van der Waals surface area (Å²) in [6.07, 6.45) is 7.12. The number of aromatic amines is 1. The zero-order valence-electron chi connectivity index (χ0n) is 13.2. The molecule has 0 unspecified atom stereocenters. The average Bonchev–Trinajstić information content (AvgIpc) is 2.96. The molecule has 109 valence electrons. The van der Waals surface area contributed by atoms with Crippen molar-refractivity contribution in [1.82, 2.24) is 19.4 Å². The van der Waals surface area contributed by atoms with Gasteiger partial charge in [0.25, 0.3) is 6.98 Å². The van der Waals surface area contributed by atoms with Crippen molar-refractivity contribution in [3.05, 3.63) is 12.3 Å². The molecule has 5 nitrogen and oxygen atoms in total. The normalized spacial score (nSPS) is 18.1. The Hall–Kier alpha value is -0.723. The van der Waals surface area contributed by atoms with Crippen molar-refractivity contribution < 1.29 is 0 Å². The van der Waals surface area contributed by atoms with Gasteiger partial charge in [0.1, 0.15) is 5.82 Å². The third-order valence-corrected chi connectivity index (χ3v) is 6.05. The molecule has 1 aromatic heterocycles. The van der Waals surface area contributed by atoms with E-state index >= 15 is 0 Å². The fourth-order valence-corrected chi connectivity index (χ4v) is 4.23. The standard InChI is InChI=1S/C12H26B2N5Si/c1-5-6-7-8-11-18-13(2)17(4)20-19(14(18)3)12-9-10-15-16-12/h9-10,20H,5-8,11H2,1-4H3,(H,15,16). The van der Waals surface area contributed by atoms with Gasteiger partial charge >= 0.3 is 6.98 Å². The summed E-state index contributed by atoms with van der Waals surface area (Å²) in [5.74, 6) is 1.14. The second-order valence-corrected chi connectivity index (χ2v) is 7.29. The van der Waals surface area contributed by atoms with E-state index in [9.17, 15) is 0 Å². The molecular formula is C12H26B2N5Si. The van der Waals surface area contributed by atoms with E-state index in [-0.39, 0.29) is 9.84 Å². The maximum Gasteiger partial charge on any atom is 0.322 e. The lowest BCUT2D eigenvalue weighted by molar-refractivity contribution is 0.527. The summed E-state index contributed by atoms with van der Waals surface area (Å²) >= 11 is 0. The molecule has 0 spiro atoms. The molecule has 20 heavy (non-hydrogen) atoms. The van der Waals surface area contributed by atoms with Gasteiger partial charge in [0.05, 0.1) is 6.20 Å². The maximum atomic E-state index is 4.10. The lowest BCUT2D eigenvalue weighted by Gasteiger charge is -2.47. The molecule has 8 heteroatoms. The molecule has 0 atom stereocenters. The van der Waals surface area contributed by atoms with Crippen molar-refractivity contribution in [2.24, 2.45) is 0 Å². The third-order valence-electron chi connectivity index (χ3n) is 4.29. The number of unbranched alkanes of at least 4 members (excludes halogenated alkanes) is 3. The zero-order chi connectivity index (χ0) is 14.5. The van der Waals surface area contributed by atoms with Gasteiger partial charge < -0.3 is 13.7 Å². The second-order valence-electron chi connectivity index (χ2n) is 5.69. The van der Waals surface area contributed by atoms with E-state index in [0.29, 0.717) is 14.0 Å². The number of hydrogen-bond acceptors (Lipinski definition) is 4. The third kappa shape index (κ3) is 3.48. The highest BCUT2D eigenvalue weighted by molar-refractivity contribution is 6.86. The molecule has 1 aliphatic heterocycles. The van der Waals surface area contributed by atoms with Crippen LogP contribution in [0, 0.1) is 0 Å². The first-order valence-electron chi connectivity index (χ1n) is 7.75. The Morgan fingerprint density at radius 1 is 1.25 bits per heavy atom. The van der Waals surface area contributed by atoms with Gasteiger partial charge in [-0.3, -0.25) is 5.10 Å². The van der Waals surface area contributed by atoms with E-state index in [0.717, 1.165) is 5.82 Å². The molecule has 2 rings (SSSR count). The first-order valence-corrected chi connectivity index (χ1v) is 8.78. The van der Waals surface area contributed by atoms with Gasteiger partial charge in [-0.15, -0.1) is 0 Å². The van der Waals surface area contributed by atoms with Crippen LogP contribution in [0.5, 0.6) is 0 Å². The molecule has 1 fully saturated rings. The van der Waals surface area contributed by atoms with Gasteiger partial charge in [-0.05, 0) is 26.1 Å². The number of nitrogens with zero attached hydrogens (tertiary/aromatic N) is 4. The van der Waals surface area contributed by atoms with E-state index in [1.165, 1.54) is 32.2 Å². The van der Waals surface area contributed by atoms with Crippen LogP contribution < -0.4 is 4.48 Å². The van der Waals surface area contributed by atoms with E-state index < -0.39 is 0 Å². The largest absolute Gasteiger partial charge is 0.406 e. The lowest BCUT2D eigenvalue weighted by Crippen LogP contribution is -2.70. The topological polar surface area (TPSA) is 38.4 Å². The maximum absolute atomic E-state index is 4.10. The van der Waals surface area contributed by atoms with Gasteiger partial charge in [-0.2, -0.15) is 5.10 Å². The molecule has 0 amide bonds. The quantitative estimate of drug-likeness (QED) is 0.637. The molecule has 1 aromatic rings. The Balaban J connectivity index is 2.00. The Kier molecular flexibility index (Phi) is 5.74. The van der Waals surface area contributed by atoms with Crippen LogP contribution in [0.3, 0.4) is 0 Å². The van der Waals surface area contributed by atoms with E-state index in [1.807, 2.05) is 6.20 Å². The number of aromatic nitrogens is 2. The molecule has 1 aliphatic rings. The van der Waals surface area contributed by atoms with Crippen molar-refractivity contribution in [2.45, 2.75) is 46.3 Å². The Morgan fingerprint density at radius 2 is 2.05 bits per heavy atom. The minimum Gasteiger partial charge on any atom is -0.406 e. The van der Waals surface area contributed by atoms with Crippen LogP contribution in [0.25, 0.3) is 0 Å². The van der Waals surface area contributed by atoms with Gasteiger partial charge in [0.15, 0.2) is 0 Å². The number of rotatable bonds is 6. The predicted molar refractivity (Wildman–Crippen MR) is 90.1 cm³/mol. The van der Waals surface area contributed by atoms with Crippen LogP contribution >= 0.6 is 0 Å². The highest BCUT2D eigenvalue weighted by Gasteiger charge is 2.39. The summed E-state index contributed by atoms with van der Waals surface area (Å²) < 4.78 is 7.54. The fourth-order valence-electron chi connectivity index (χ4n) is 2.85. The molecule has 2 heterocycles. The van der Waals surface area contributed by atoms with Crippen LogP contribution in [0.4, 0.5) is 5.82 Å². The van der Waals surface area contributed by atoms with Gasteiger partial charge in [-0.25, -0.2) is 0 Å². The van der Waals surface area contributed by atoms with Crippen molar-refractivity contribution in [3.63, 3.8) is 0 Å². The SMILES string of the molecule is CCCCCCN1B(C)N(C)[SiH]N(c2ccn[nH]2)B1C. The molecule has 1 radical (unpaired) electrons. The summed E-state index contributed by atoms with van der Waals surface area (Å²) in [7, 11) is 2.35. The number of hydrogen-bond donors (Lipinski definition) is 1. The Morgan fingerprint density at radius 3 is 2.70 bits per heavy atom. The summed E-state index contributed by atoms with van der Waals surface area (Å²) in [5, 5.41) is 7.21. The number of H-pyrrole nitrogens is 1. The lowest BCUT2D eigenvalue weighted by atomic mass is 9.61. The van der Waals surface area contributed by atoms with Crippen LogP contribution in [-0.2, 0) is 0 Å². The zero-order valence-corrected chi connectivity index (χ0v) is 14.4. The first kappa shape index (κ1) is 15.7. The van der Waals surface area contributed by atoms with Crippen molar-refractivity contribution in [2.75, 3.05) is 18.1 Å². The molecule has 1 N–H and O–H groups in total. The molecule has 0 aliphatic carbocycles. The van der Waals surface area contributed by atoms with E-state index in [1.54, 1.807) is 0 Å². The van der Waals surface area contributed by atoms with Crippen molar-refractivity contribution in [1.29, 1.82) is 0 Å². The molecular weight excluding hydrogens is 264 g/mol. The van der Waals surface area contributed by atoms with Crippen LogP contribution in [0.2, 0.25) is 13.6 Å². The minimum atomic E-state index is 0.119. The molecule has 0 aromatic carbocycles. The van der Waals surface area contributed by atoms with Crippen molar-refractivity contribution >= 4 is 29.6 Å². The summed E-state index contributed by atoms with van der Waals surface area (Å²) in [6.45, 7) is 9.06. The summed E-state index contributed by atoms with van der Waals surface area (Å²) in [5.41, 5.74) is 0. The highest BCUT2D eigenvalue weighted by atomic mass is 28.2. The number of nitrogens with one attached hydrogen (secondary N) is 1. The fraction of sp³-hybridized carbons (Fsp3) is 0.750. The first-order chi connectivity index (χ1) is 9.65. The van der Waals surface area contributed by atoms with Gasteiger partial charge in [-0.1, -0.05) is 39.8 Å². The Labute approximate surface area is 126 Å². The van der Waals surface area contributed by atoms with Gasteiger partial charge in [0, 0.05) is 0 Å². The Bertz CT molecular complexity index is 391. The summed E-state index contributed by atoms with van der Waals surface area (Å²) in [6, 6.07) is 2.07. The van der Waals surface area contributed by atoms with E-state index in [4.69, 9.17) is 0 Å². The smallest absolute Gasteiger partial charge is 0.322 e. The molecule has 0 saturated carbocycles. The van der Waals surface area contributed by atoms with Gasteiger partial charge in [0.2, 0.25) is 9.84 Å². The second kappa shape index (κ2) is 7.33. The van der Waals surface area contributed by atoms with Crippen LogP contribution in [0.1, 0.15) is 32.6 Å². The van der Waals surface area contributed by atoms with Crippen LogP contribution in [0.15, 0.2) is 12.3 Å². The predicted octanol–water partition coefficient (Wildman–Crippen LogP) is 1.55. The molecule has 0 bridgehead atoms. The van der Waals surface area contributed by atoms with E-state index in [2.05, 4.69) is 57.6 Å². The summed E-state index contributed by atoms with van der Waals surface area (Å²) in [4.78, 5) is 0. The van der Waals surface area contributed by atoms with Crippen LogP contribution in [-0.4, -0.2) is 56.8 Å². The highest BCUT2D eigenvalue weighted by Crippen LogP contribution is 2.19. The van der Waals surface area contributed by atoms with Crippen molar-refractivity contribution in [3.8, 4) is 0 Å². The average molecular weight is 290 g/mol. The monoisotopic (exact) mass is 290 g/mol.